The molecule has 0 N–H and O–H groups in total. The van der Waals surface area contributed by atoms with Crippen molar-refractivity contribution < 1.29 is 14.3 Å². The van der Waals surface area contributed by atoms with E-state index in [9.17, 15) is 9.59 Å². The van der Waals surface area contributed by atoms with Crippen LogP contribution in [0.3, 0.4) is 0 Å². The normalized spacial score (nSPS) is 13.4. The van der Waals surface area contributed by atoms with Crippen LogP contribution in [0.4, 0.5) is 0 Å². The van der Waals surface area contributed by atoms with Crippen LogP contribution in [0, 0.1) is 0 Å². The molecule has 2 aromatic heterocycles. The van der Waals surface area contributed by atoms with Gasteiger partial charge in [-0.3, -0.25) is 9.59 Å². The lowest BCUT2D eigenvalue weighted by atomic mass is 9.95. The van der Waals surface area contributed by atoms with Crippen molar-refractivity contribution in [2.75, 3.05) is 7.11 Å². The molecule has 0 radical (unpaired) electrons. The number of allylic oxidation sites excluding steroid dienone is 2. The first-order chi connectivity index (χ1) is 11.2. The number of azide groups is 1. The minimum absolute atomic E-state index is 0.0874. The van der Waals surface area contributed by atoms with Gasteiger partial charge in [0.25, 0.3) is 0 Å². The summed E-state index contributed by atoms with van der Waals surface area (Å²) in [4.78, 5) is 39.3. The molecular weight excluding hydrogens is 300 g/mol. The molecule has 9 nitrogen and oxygen atoms in total. The van der Waals surface area contributed by atoms with E-state index in [4.69, 9.17) is 10.3 Å². The highest BCUT2D eigenvalue weighted by Crippen LogP contribution is 2.28. The molecule has 0 aromatic carbocycles. The Kier molecular flexibility index (Phi) is 3.54. The first-order valence-corrected chi connectivity index (χ1v) is 6.36. The molecule has 1 aliphatic rings. The quantitative estimate of drug-likeness (QED) is 0.484. The van der Waals surface area contributed by atoms with E-state index in [2.05, 4.69) is 25.0 Å². The average Bonchev–Trinajstić information content (AvgIpc) is 2.60. The molecule has 0 bridgehead atoms. The van der Waals surface area contributed by atoms with Crippen molar-refractivity contribution in [2.24, 2.45) is 5.11 Å². The third-order valence-electron chi connectivity index (χ3n) is 3.20. The van der Waals surface area contributed by atoms with E-state index in [0.29, 0.717) is 11.3 Å². The molecule has 0 fully saturated rings. The zero-order valence-electron chi connectivity index (χ0n) is 11.8. The molecule has 3 rings (SSSR count). The van der Waals surface area contributed by atoms with Gasteiger partial charge in [-0.15, -0.1) is 0 Å². The van der Waals surface area contributed by atoms with Crippen LogP contribution in [0.15, 0.2) is 47.4 Å². The summed E-state index contributed by atoms with van der Waals surface area (Å²) in [5.41, 5.74) is 9.18. The molecule has 0 atom stereocenters. The highest BCUT2D eigenvalue weighted by molar-refractivity contribution is 6.25. The predicted octanol–water partition coefficient (Wildman–Crippen LogP) is 2.09. The summed E-state index contributed by atoms with van der Waals surface area (Å²) in [5, 5.41) is 3.27. The number of nitrogens with zero attached hydrogens (tertiary/aromatic N) is 6. The lowest BCUT2D eigenvalue weighted by molar-refractivity contribution is 0.0902. The van der Waals surface area contributed by atoms with Gasteiger partial charge in [-0.05, 0) is 17.7 Å². The van der Waals surface area contributed by atoms with Crippen LogP contribution >= 0.6 is 0 Å². The van der Waals surface area contributed by atoms with Crippen LogP contribution in [-0.2, 0) is 4.74 Å². The van der Waals surface area contributed by atoms with Gasteiger partial charge in [-0.1, -0.05) is 5.11 Å². The van der Waals surface area contributed by atoms with E-state index in [0.717, 1.165) is 0 Å². The minimum Gasteiger partial charge on any atom is -0.492 e. The largest absolute Gasteiger partial charge is 0.492 e. The molecule has 9 heteroatoms. The van der Waals surface area contributed by atoms with Crippen molar-refractivity contribution in [3.63, 3.8) is 0 Å². The summed E-state index contributed by atoms with van der Waals surface area (Å²) in [6.07, 6.45) is 4.42. The van der Waals surface area contributed by atoms with Crippen LogP contribution in [-0.4, -0.2) is 33.6 Å². The number of aromatic nitrogens is 3. The summed E-state index contributed by atoms with van der Waals surface area (Å²) in [6.45, 7) is 0. The molecule has 2 aromatic rings. The number of hydrogen-bond acceptors (Lipinski definition) is 7. The van der Waals surface area contributed by atoms with Crippen molar-refractivity contribution in [3.05, 3.63) is 64.0 Å². The Hall–Kier alpha value is -3.58. The molecule has 0 amide bonds. The van der Waals surface area contributed by atoms with Gasteiger partial charge in [-0.2, -0.15) is 0 Å². The van der Waals surface area contributed by atoms with Crippen LogP contribution in [0.25, 0.3) is 21.7 Å². The van der Waals surface area contributed by atoms with Gasteiger partial charge in [0.2, 0.25) is 11.6 Å². The third-order valence-corrected chi connectivity index (χ3v) is 3.20. The maximum Gasteiger partial charge on any atom is 0.230 e. The van der Waals surface area contributed by atoms with E-state index in [1.807, 2.05) is 0 Å². The van der Waals surface area contributed by atoms with Gasteiger partial charge >= 0.3 is 0 Å². The van der Waals surface area contributed by atoms with E-state index in [1.165, 1.54) is 31.9 Å². The van der Waals surface area contributed by atoms with Gasteiger partial charge < -0.3 is 4.74 Å². The Morgan fingerprint density at radius 3 is 2.57 bits per heavy atom. The molecule has 23 heavy (non-hydrogen) atoms. The summed E-state index contributed by atoms with van der Waals surface area (Å²) in [7, 11) is 1.22. The summed E-state index contributed by atoms with van der Waals surface area (Å²) in [5.74, 6) is -1.53. The lowest BCUT2D eigenvalue weighted by Gasteiger charge is -2.17. The predicted molar refractivity (Wildman–Crippen MR) is 77.1 cm³/mol. The molecule has 1 aliphatic carbocycles. The SMILES string of the molecule is COC1=C(N=[N+]=[N-])C(=O)c2nc(-c3cncnc3)ccc2C1=O. The number of carbonyl (C=O) groups excluding carboxylic acids is 2. The fourth-order valence-corrected chi connectivity index (χ4v) is 2.18. The fraction of sp³-hybridized carbons (Fsp3) is 0.0714. The van der Waals surface area contributed by atoms with E-state index in [-0.39, 0.29) is 17.0 Å². The number of methoxy groups -OCH3 is 1. The first kappa shape index (κ1) is 14.4. The van der Waals surface area contributed by atoms with E-state index >= 15 is 0 Å². The van der Waals surface area contributed by atoms with Crippen molar-refractivity contribution in [2.45, 2.75) is 0 Å². The zero-order valence-corrected chi connectivity index (χ0v) is 11.8. The lowest BCUT2D eigenvalue weighted by Crippen LogP contribution is -2.23. The molecule has 112 valence electrons. The summed E-state index contributed by atoms with van der Waals surface area (Å²) in [6, 6.07) is 3.05. The fourth-order valence-electron chi connectivity index (χ4n) is 2.18. The van der Waals surface area contributed by atoms with Crippen LogP contribution in [0.1, 0.15) is 20.8 Å². The summed E-state index contributed by atoms with van der Waals surface area (Å²) < 4.78 is 4.91. The monoisotopic (exact) mass is 308 g/mol. The number of Topliss-reactive ketones (excluding diaryl/α,β-unsaturated/α-hetero) is 2. The van der Waals surface area contributed by atoms with Gasteiger partial charge in [0.15, 0.2) is 5.76 Å². The van der Waals surface area contributed by atoms with Crippen LogP contribution in [0.2, 0.25) is 0 Å². The van der Waals surface area contributed by atoms with Crippen molar-refractivity contribution >= 4 is 11.6 Å². The molecule has 0 saturated carbocycles. The minimum atomic E-state index is -0.673. The van der Waals surface area contributed by atoms with Crippen molar-refractivity contribution in [1.29, 1.82) is 0 Å². The number of fused-ring (bicyclic) bond motifs is 1. The Balaban J connectivity index is 2.19. The molecule has 0 aliphatic heterocycles. The Bertz CT molecular complexity index is 900. The van der Waals surface area contributed by atoms with Gasteiger partial charge in [0.1, 0.15) is 17.7 Å². The van der Waals surface area contributed by atoms with Crippen molar-refractivity contribution in [1.82, 2.24) is 15.0 Å². The van der Waals surface area contributed by atoms with Gasteiger partial charge in [0, 0.05) is 22.9 Å². The van der Waals surface area contributed by atoms with Gasteiger partial charge in [0.05, 0.1) is 18.4 Å². The second kappa shape index (κ2) is 5.66. The number of hydrogen-bond donors (Lipinski definition) is 0. The topological polar surface area (TPSA) is 131 Å². The highest BCUT2D eigenvalue weighted by Gasteiger charge is 2.34. The van der Waals surface area contributed by atoms with E-state index < -0.39 is 17.3 Å². The molecule has 0 saturated heterocycles. The second-order valence-corrected chi connectivity index (χ2v) is 4.45. The Labute approximate surface area is 129 Å². The highest BCUT2D eigenvalue weighted by atomic mass is 16.5. The number of pyridine rings is 1. The summed E-state index contributed by atoms with van der Waals surface area (Å²) >= 11 is 0. The molecule has 0 spiro atoms. The van der Waals surface area contributed by atoms with Crippen molar-refractivity contribution in [3.8, 4) is 11.3 Å². The van der Waals surface area contributed by atoms with Crippen LogP contribution < -0.4 is 0 Å². The number of ether oxygens (including phenoxy) is 1. The maximum atomic E-state index is 12.5. The second-order valence-electron chi connectivity index (χ2n) is 4.45. The van der Waals surface area contributed by atoms with Gasteiger partial charge in [-0.25, -0.2) is 15.0 Å². The Morgan fingerprint density at radius 2 is 1.91 bits per heavy atom. The maximum absolute atomic E-state index is 12.5. The van der Waals surface area contributed by atoms with E-state index in [1.54, 1.807) is 6.07 Å². The molecule has 2 heterocycles. The number of carbonyl (C=O) groups is 2. The molecular formula is C14H8N6O3. The first-order valence-electron chi connectivity index (χ1n) is 6.36. The third kappa shape index (κ3) is 2.30. The average molecular weight is 308 g/mol. The smallest absolute Gasteiger partial charge is 0.230 e. The van der Waals surface area contributed by atoms with Crippen LogP contribution in [0.5, 0.6) is 0 Å². The molecule has 0 unspecified atom stereocenters. The number of ketones is 2. The zero-order chi connectivity index (χ0) is 16.4. The standard InChI is InChI=1S/C14H8N6O3/c1-23-14-11(19-20-15)13(22)10-8(12(14)21)2-3-9(18-10)7-4-16-6-17-5-7/h2-6H,1H3. The number of rotatable bonds is 3. The Morgan fingerprint density at radius 1 is 1.17 bits per heavy atom.